The molecule has 18 heavy (non-hydrogen) atoms. The fourth-order valence-corrected chi connectivity index (χ4v) is 3.27. The van der Waals surface area contributed by atoms with E-state index in [-0.39, 0.29) is 4.83 Å². The Labute approximate surface area is 122 Å². The largest absolute Gasteiger partial charge is 0.0840 e. The molecule has 1 unspecified atom stereocenters. The van der Waals surface area contributed by atoms with Gasteiger partial charge >= 0.3 is 0 Å². The lowest BCUT2D eigenvalue weighted by Crippen LogP contribution is -1.99. The van der Waals surface area contributed by atoms with Crippen molar-refractivity contribution < 1.29 is 0 Å². The maximum Gasteiger partial charge on any atom is 0.0650 e. The highest BCUT2D eigenvalue weighted by molar-refractivity contribution is 9.09. The molecular weight excluding hydrogens is 308 g/mol. The van der Waals surface area contributed by atoms with Crippen LogP contribution in [0.25, 0.3) is 0 Å². The molecule has 0 bridgehead atoms. The molecular formula is C16H16BrCl. The number of benzene rings is 2. The van der Waals surface area contributed by atoms with Crippen molar-refractivity contribution >= 4 is 27.5 Å². The van der Waals surface area contributed by atoms with Crippen LogP contribution in [0.4, 0.5) is 0 Å². The van der Waals surface area contributed by atoms with Crippen molar-refractivity contribution in [3.05, 3.63) is 69.2 Å². The molecule has 1 atom stereocenters. The van der Waals surface area contributed by atoms with Crippen molar-refractivity contribution in [1.82, 2.24) is 0 Å². The van der Waals surface area contributed by atoms with Crippen molar-refractivity contribution in [3.63, 3.8) is 0 Å². The lowest BCUT2D eigenvalue weighted by atomic mass is 9.96. The van der Waals surface area contributed by atoms with Gasteiger partial charge in [-0.2, -0.15) is 0 Å². The van der Waals surface area contributed by atoms with Gasteiger partial charge in [-0.15, -0.1) is 0 Å². The Kier molecular flexibility index (Phi) is 4.14. The monoisotopic (exact) mass is 322 g/mol. The first kappa shape index (κ1) is 13.6. The van der Waals surface area contributed by atoms with E-state index < -0.39 is 0 Å². The van der Waals surface area contributed by atoms with Crippen LogP contribution in [0.15, 0.2) is 36.4 Å². The standard InChI is InChI=1S/C16H16BrCl/c1-10-7-8-11(2)14(9-10)16(17)13-5-4-6-15(18)12(13)3/h4-9,16H,1-3H3. The summed E-state index contributed by atoms with van der Waals surface area (Å²) < 4.78 is 0. The number of halogens is 2. The Bertz CT molecular complexity index is 573. The molecule has 0 aromatic heterocycles. The number of rotatable bonds is 2. The molecule has 0 fully saturated rings. The average Bonchev–Trinajstić information content (AvgIpc) is 2.35. The van der Waals surface area contributed by atoms with Crippen molar-refractivity contribution in [1.29, 1.82) is 0 Å². The van der Waals surface area contributed by atoms with Crippen molar-refractivity contribution in [2.75, 3.05) is 0 Å². The third-order valence-corrected chi connectivity index (χ3v) is 4.69. The lowest BCUT2D eigenvalue weighted by molar-refractivity contribution is 1.11. The summed E-state index contributed by atoms with van der Waals surface area (Å²) in [6.45, 7) is 6.33. The number of hydrogen-bond acceptors (Lipinski definition) is 0. The molecule has 0 heterocycles. The van der Waals surface area contributed by atoms with E-state index in [1.165, 1.54) is 22.3 Å². The second kappa shape index (κ2) is 5.46. The van der Waals surface area contributed by atoms with Gasteiger partial charge in [0.15, 0.2) is 0 Å². The van der Waals surface area contributed by atoms with E-state index in [1.807, 2.05) is 12.1 Å². The van der Waals surface area contributed by atoms with Crippen LogP contribution in [-0.2, 0) is 0 Å². The zero-order valence-electron chi connectivity index (χ0n) is 10.8. The van der Waals surface area contributed by atoms with Gasteiger partial charge in [-0.05, 0) is 49.1 Å². The quantitative estimate of drug-likeness (QED) is 0.617. The van der Waals surface area contributed by atoms with E-state index in [0.29, 0.717) is 0 Å². The van der Waals surface area contributed by atoms with E-state index in [4.69, 9.17) is 11.6 Å². The van der Waals surface area contributed by atoms with E-state index in [9.17, 15) is 0 Å². The third-order valence-electron chi connectivity index (χ3n) is 3.29. The zero-order chi connectivity index (χ0) is 13.3. The minimum atomic E-state index is 0.191. The SMILES string of the molecule is Cc1ccc(C)c(C(Br)c2cccc(Cl)c2C)c1. The van der Waals surface area contributed by atoms with Gasteiger partial charge in [-0.25, -0.2) is 0 Å². The van der Waals surface area contributed by atoms with Crippen LogP contribution in [-0.4, -0.2) is 0 Å². The van der Waals surface area contributed by atoms with Crippen LogP contribution in [0, 0.1) is 20.8 Å². The molecule has 2 heteroatoms. The maximum absolute atomic E-state index is 6.20. The fourth-order valence-electron chi connectivity index (χ4n) is 2.10. The molecule has 0 spiro atoms. The highest BCUT2D eigenvalue weighted by Crippen LogP contribution is 2.36. The fraction of sp³-hybridized carbons (Fsp3) is 0.250. The summed E-state index contributed by atoms with van der Waals surface area (Å²) >= 11 is 10.0. The summed E-state index contributed by atoms with van der Waals surface area (Å²) in [5.41, 5.74) is 6.25. The van der Waals surface area contributed by atoms with Gasteiger partial charge < -0.3 is 0 Å². The topological polar surface area (TPSA) is 0 Å². The summed E-state index contributed by atoms with van der Waals surface area (Å²) in [6, 6.07) is 12.6. The van der Waals surface area contributed by atoms with Crippen LogP contribution in [0.3, 0.4) is 0 Å². The first-order valence-electron chi connectivity index (χ1n) is 5.97. The van der Waals surface area contributed by atoms with Crippen LogP contribution in [0.1, 0.15) is 32.6 Å². The van der Waals surface area contributed by atoms with E-state index >= 15 is 0 Å². The number of hydrogen-bond donors (Lipinski definition) is 0. The first-order valence-corrected chi connectivity index (χ1v) is 7.26. The molecule has 0 N–H and O–H groups in total. The molecule has 0 saturated carbocycles. The highest BCUT2D eigenvalue weighted by Gasteiger charge is 2.16. The van der Waals surface area contributed by atoms with Gasteiger partial charge in [0.2, 0.25) is 0 Å². The van der Waals surface area contributed by atoms with Crippen LogP contribution in [0.2, 0.25) is 5.02 Å². The van der Waals surface area contributed by atoms with E-state index in [0.717, 1.165) is 10.6 Å². The molecule has 0 aliphatic heterocycles. The first-order chi connectivity index (χ1) is 8.50. The number of aryl methyl sites for hydroxylation is 2. The van der Waals surface area contributed by atoms with Crippen molar-refractivity contribution in [2.24, 2.45) is 0 Å². The summed E-state index contributed by atoms with van der Waals surface area (Å²) in [5.74, 6) is 0. The third kappa shape index (κ3) is 2.62. The molecule has 0 radical (unpaired) electrons. The zero-order valence-corrected chi connectivity index (χ0v) is 13.1. The van der Waals surface area contributed by atoms with Crippen molar-refractivity contribution in [3.8, 4) is 0 Å². The molecule has 0 aliphatic rings. The van der Waals surface area contributed by atoms with Gasteiger partial charge in [-0.1, -0.05) is 63.4 Å². The minimum Gasteiger partial charge on any atom is -0.0840 e. The minimum absolute atomic E-state index is 0.191. The normalized spacial score (nSPS) is 12.5. The van der Waals surface area contributed by atoms with Gasteiger partial charge in [0, 0.05) is 5.02 Å². The Morgan fingerprint density at radius 3 is 2.44 bits per heavy atom. The van der Waals surface area contributed by atoms with Crippen LogP contribution >= 0.6 is 27.5 Å². The average molecular weight is 324 g/mol. The highest BCUT2D eigenvalue weighted by atomic mass is 79.9. The Morgan fingerprint density at radius 1 is 1.00 bits per heavy atom. The molecule has 94 valence electrons. The molecule has 2 rings (SSSR count). The van der Waals surface area contributed by atoms with Crippen LogP contribution in [0.5, 0.6) is 0 Å². The van der Waals surface area contributed by atoms with E-state index in [1.54, 1.807) is 0 Å². The number of alkyl halides is 1. The Balaban J connectivity index is 2.51. The Morgan fingerprint density at radius 2 is 1.72 bits per heavy atom. The molecule has 0 nitrogen and oxygen atoms in total. The second-order valence-corrected chi connectivity index (χ2v) is 6.00. The lowest BCUT2D eigenvalue weighted by Gasteiger charge is -2.17. The molecule has 0 aliphatic carbocycles. The predicted molar refractivity (Wildman–Crippen MR) is 82.9 cm³/mol. The summed E-state index contributed by atoms with van der Waals surface area (Å²) in [6.07, 6.45) is 0. The van der Waals surface area contributed by atoms with Gasteiger partial charge in [0.05, 0.1) is 4.83 Å². The maximum atomic E-state index is 6.20. The van der Waals surface area contributed by atoms with Gasteiger partial charge in [0.25, 0.3) is 0 Å². The summed E-state index contributed by atoms with van der Waals surface area (Å²) in [5, 5.41) is 0.822. The van der Waals surface area contributed by atoms with Gasteiger partial charge in [-0.3, -0.25) is 0 Å². The van der Waals surface area contributed by atoms with Gasteiger partial charge in [0.1, 0.15) is 0 Å². The second-order valence-electron chi connectivity index (χ2n) is 4.68. The summed E-state index contributed by atoms with van der Waals surface area (Å²) in [4.78, 5) is 0.191. The molecule has 0 saturated heterocycles. The smallest absolute Gasteiger partial charge is 0.0650 e. The predicted octanol–water partition coefficient (Wildman–Crippen LogP) is 5.75. The van der Waals surface area contributed by atoms with E-state index in [2.05, 4.69) is 61.0 Å². The molecule has 2 aromatic carbocycles. The van der Waals surface area contributed by atoms with Crippen molar-refractivity contribution in [2.45, 2.75) is 25.6 Å². The Hall–Kier alpha value is -0.790. The molecule has 0 amide bonds. The summed E-state index contributed by atoms with van der Waals surface area (Å²) in [7, 11) is 0. The van der Waals surface area contributed by atoms with Crippen LogP contribution < -0.4 is 0 Å². The molecule has 2 aromatic rings.